The Morgan fingerprint density at radius 3 is 2.53 bits per heavy atom. The van der Waals surface area contributed by atoms with E-state index in [0.717, 1.165) is 35.2 Å². The summed E-state index contributed by atoms with van der Waals surface area (Å²) in [5.74, 6) is -5.01. The topological polar surface area (TPSA) is 130 Å². The van der Waals surface area contributed by atoms with Gasteiger partial charge >= 0.3 is 0 Å². The lowest BCUT2D eigenvalue weighted by molar-refractivity contribution is -0.219. The summed E-state index contributed by atoms with van der Waals surface area (Å²) in [6.07, 6.45) is -2.09. The van der Waals surface area contributed by atoms with Crippen LogP contribution in [0.25, 0.3) is 11.3 Å². The monoisotopic (exact) mass is 624 g/mol. The SMILES string of the molecule is CO[C@@H]1[C@@H](n2cc(-c3cc(F)c(F)c(F)c3)nn2)[C@@H](O)[C@@H](CO)O[C@H]1C(=O)N(Cc1cccc(Cl)c1)[C@H]1CCCC[C@@H]1O. The number of hydrogen-bond donors (Lipinski definition) is 3. The predicted molar refractivity (Wildman–Crippen MR) is 147 cm³/mol. The summed E-state index contributed by atoms with van der Waals surface area (Å²) in [7, 11) is 1.31. The number of benzene rings is 2. The standard InChI is InChI=1S/C29H32ClF3N4O6/c1-42-27-25(37-13-20(34-35-37)16-10-18(31)24(33)19(32)11-16)26(40)23(14-38)43-28(27)29(41)36(21-7-2-3-8-22(21)39)12-15-5-4-6-17(30)9-15/h4-6,9-11,13,21-23,25-28,38-40H,2-3,7-8,12,14H2,1H3/t21-,22-,23+,25-,26-,27+,28+/m0/s1. The first kappa shape index (κ1) is 31.4. The third-order valence-electron chi connectivity index (χ3n) is 8.10. The van der Waals surface area contributed by atoms with Crippen molar-refractivity contribution in [2.24, 2.45) is 0 Å². The molecule has 1 aliphatic carbocycles. The van der Waals surface area contributed by atoms with Crippen LogP contribution in [0.1, 0.15) is 37.3 Å². The molecule has 2 fully saturated rings. The quantitative estimate of drug-likeness (QED) is 0.326. The second-order valence-electron chi connectivity index (χ2n) is 10.8. The van der Waals surface area contributed by atoms with Gasteiger partial charge in [-0.1, -0.05) is 41.8 Å². The van der Waals surface area contributed by atoms with E-state index in [1.54, 1.807) is 24.3 Å². The molecule has 7 atom stereocenters. The number of carbonyl (C=O) groups is 1. The number of methoxy groups -OCH3 is 1. The summed E-state index contributed by atoms with van der Waals surface area (Å²) >= 11 is 6.20. The molecule has 0 radical (unpaired) electrons. The summed E-state index contributed by atoms with van der Waals surface area (Å²) in [4.78, 5) is 15.8. The minimum atomic E-state index is -1.63. The number of hydrogen-bond acceptors (Lipinski definition) is 8. The molecule has 2 heterocycles. The van der Waals surface area contributed by atoms with Gasteiger partial charge in [0.05, 0.1) is 24.9 Å². The van der Waals surface area contributed by atoms with E-state index in [2.05, 4.69) is 10.3 Å². The van der Waals surface area contributed by atoms with Crippen LogP contribution in [0, 0.1) is 17.5 Å². The number of aliphatic hydroxyl groups is 3. The maximum atomic E-state index is 14.3. The number of nitrogens with zero attached hydrogens (tertiary/aromatic N) is 4. The Labute approximate surface area is 250 Å². The highest BCUT2D eigenvalue weighted by Gasteiger charge is 2.51. The van der Waals surface area contributed by atoms with Gasteiger partial charge in [-0.05, 0) is 42.7 Å². The number of carbonyl (C=O) groups excluding carboxylic acids is 1. The van der Waals surface area contributed by atoms with Crippen molar-refractivity contribution in [3.05, 3.63) is 70.6 Å². The van der Waals surface area contributed by atoms with Crippen molar-refractivity contribution >= 4 is 17.5 Å². The van der Waals surface area contributed by atoms with Crippen LogP contribution in [0.4, 0.5) is 13.2 Å². The number of aliphatic hydroxyl groups excluding tert-OH is 3. The molecule has 43 heavy (non-hydrogen) atoms. The number of amides is 1. The van der Waals surface area contributed by atoms with Gasteiger partial charge in [-0.25, -0.2) is 17.9 Å². The van der Waals surface area contributed by atoms with Crippen LogP contribution in [0.2, 0.25) is 5.02 Å². The summed E-state index contributed by atoms with van der Waals surface area (Å²) in [5, 5.41) is 40.6. The number of rotatable bonds is 8. The van der Waals surface area contributed by atoms with Crippen molar-refractivity contribution in [2.75, 3.05) is 13.7 Å². The third kappa shape index (κ3) is 6.42. The highest BCUT2D eigenvalue weighted by molar-refractivity contribution is 6.30. The Balaban J connectivity index is 1.50. The first-order valence-electron chi connectivity index (χ1n) is 13.9. The largest absolute Gasteiger partial charge is 0.394 e. The molecule has 10 nitrogen and oxygen atoms in total. The zero-order valence-electron chi connectivity index (χ0n) is 23.2. The second-order valence-corrected chi connectivity index (χ2v) is 11.2. The first-order chi connectivity index (χ1) is 20.6. The first-order valence-corrected chi connectivity index (χ1v) is 14.3. The molecule has 3 N–H and O–H groups in total. The molecular formula is C29H32ClF3N4O6. The average molecular weight is 625 g/mol. The van der Waals surface area contributed by atoms with E-state index in [1.807, 2.05) is 0 Å². The normalized spacial score (nSPS) is 27.7. The molecule has 0 spiro atoms. The minimum Gasteiger partial charge on any atom is -0.394 e. The maximum Gasteiger partial charge on any atom is 0.255 e. The number of aromatic nitrogens is 3. The molecule has 1 saturated carbocycles. The summed E-state index contributed by atoms with van der Waals surface area (Å²) in [6, 6.07) is 6.80. The zero-order chi connectivity index (χ0) is 30.8. The van der Waals surface area contributed by atoms with Crippen LogP contribution >= 0.6 is 11.6 Å². The predicted octanol–water partition coefficient (Wildman–Crippen LogP) is 3.02. The number of ether oxygens (including phenoxy) is 2. The van der Waals surface area contributed by atoms with E-state index < -0.39 is 72.6 Å². The van der Waals surface area contributed by atoms with Crippen LogP contribution in [-0.2, 0) is 20.8 Å². The van der Waals surface area contributed by atoms with Gasteiger partial charge in [-0.15, -0.1) is 5.10 Å². The van der Waals surface area contributed by atoms with Gasteiger partial charge in [0.2, 0.25) is 0 Å². The van der Waals surface area contributed by atoms with Crippen LogP contribution in [-0.4, -0.2) is 91.4 Å². The smallest absolute Gasteiger partial charge is 0.255 e. The molecule has 3 aromatic rings. The maximum absolute atomic E-state index is 14.3. The molecule has 2 aromatic carbocycles. The Bertz CT molecular complexity index is 1420. The van der Waals surface area contributed by atoms with Crippen molar-refractivity contribution in [3.8, 4) is 11.3 Å². The van der Waals surface area contributed by atoms with Crippen molar-refractivity contribution in [2.45, 2.75) is 74.8 Å². The lowest BCUT2D eigenvalue weighted by Gasteiger charge is -2.46. The fraction of sp³-hybridized carbons (Fsp3) is 0.483. The fourth-order valence-corrected chi connectivity index (χ4v) is 6.14. The van der Waals surface area contributed by atoms with Gasteiger partial charge in [0.25, 0.3) is 5.91 Å². The van der Waals surface area contributed by atoms with E-state index in [4.69, 9.17) is 21.1 Å². The van der Waals surface area contributed by atoms with E-state index >= 15 is 0 Å². The van der Waals surface area contributed by atoms with Crippen molar-refractivity contribution in [1.82, 2.24) is 19.9 Å². The van der Waals surface area contributed by atoms with Crippen molar-refractivity contribution in [1.29, 1.82) is 0 Å². The van der Waals surface area contributed by atoms with E-state index in [-0.39, 0.29) is 17.8 Å². The Morgan fingerprint density at radius 1 is 1.16 bits per heavy atom. The average Bonchev–Trinajstić information content (AvgIpc) is 3.48. The Morgan fingerprint density at radius 2 is 1.88 bits per heavy atom. The molecular weight excluding hydrogens is 593 g/mol. The van der Waals surface area contributed by atoms with Crippen molar-refractivity contribution < 1.29 is 42.8 Å². The molecule has 14 heteroatoms. The van der Waals surface area contributed by atoms with Gasteiger partial charge < -0.3 is 29.7 Å². The second kappa shape index (κ2) is 13.3. The van der Waals surface area contributed by atoms with Crippen LogP contribution in [0.3, 0.4) is 0 Å². The van der Waals surface area contributed by atoms with Crippen molar-refractivity contribution in [3.63, 3.8) is 0 Å². The van der Waals surface area contributed by atoms with E-state index in [0.29, 0.717) is 17.9 Å². The van der Waals surface area contributed by atoms with Gasteiger partial charge in [0, 0.05) is 24.2 Å². The molecule has 1 amide bonds. The van der Waals surface area contributed by atoms with Gasteiger partial charge in [-0.2, -0.15) is 0 Å². The van der Waals surface area contributed by atoms with Gasteiger partial charge in [0.1, 0.15) is 30.0 Å². The summed E-state index contributed by atoms with van der Waals surface area (Å²) < 4.78 is 54.1. The molecule has 1 aliphatic heterocycles. The van der Waals surface area contributed by atoms with Gasteiger partial charge in [0.15, 0.2) is 23.6 Å². The van der Waals surface area contributed by atoms with Crippen LogP contribution < -0.4 is 0 Å². The van der Waals surface area contributed by atoms with E-state index in [9.17, 15) is 33.3 Å². The molecule has 1 saturated heterocycles. The third-order valence-corrected chi connectivity index (χ3v) is 8.33. The molecule has 2 aliphatic rings. The molecule has 1 aromatic heterocycles. The summed E-state index contributed by atoms with van der Waals surface area (Å²) in [5.41, 5.74) is 0.574. The molecule has 5 rings (SSSR count). The fourth-order valence-electron chi connectivity index (χ4n) is 5.93. The molecule has 0 bridgehead atoms. The highest BCUT2D eigenvalue weighted by atomic mass is 35.5. The molecule has 0 unspecified atom stereocenters. The summed E-state index contributed by atoms with van der Waals surface area (Å²) in [6.45, 7) is -0.558. The highest BCUT2D eigenvalue weighted by Crippen LogP contribution is 2.35. The van der Waals surface area contributed by atoms with Gasteiger partial charge in [-0.3, -0.25) is 4.79 Å². The lowest BCUT2D eigenvalue weighted by atomic mass is 9.88. The molecule has 232 valence electrons. The Hall–Kier alpha value is -3.07. The lowest BCUT2D eigenvalue weighted by Crippen LogP contribution is -2.62. The zero-order valence-corrected chi connectivity index (χ0v) is 23.9. The minimum absolute atomic E-state index is 0.0392. The Kier molecular flexibility index (Phi) is 9.69. The van der Waals surface area contributed by atoms with Crippen LogP contribution in [0.5, 0.6) is 0 Å². The van der Waals surface area contributed by atoms with E-state index in [1.165, 1.54) is 18.2 Å². The number of halogens is 4. The van der Waals surface area contributed by atoms with Crippen LogP contribution in [0.15, 0.2) is 42.6 Å².